The van der Waals surface area contributed by atoms with Crippen molar-refractivity contribution in [2.75, 3.05) is 0 Å². The van der Waals surface area contributed by atoms with E-state index in [9.17, 15) is 0 Å². The molecule has 0 aliphatic carbocycles. The molecule has 0 fully saturated rings. The van der Waals surface area contributed by atoms with Gasteiger partial charge in [0, 0.05) is 0 Å². The van der Waals surface area contributed by atoms with Crippen molar-refractivity contribution in [2.24, 2.45) is 0 Å². The molecule has 3 N–H and O–H groups in total. The largest absolute Gasteiger partial charge is 2.00 e. The van der Waals surface area contributed by atoms with E-state index in [-0.39, 0.29) is 33.4 Å². The van der Waals surface area contributed by atoms with E-state index >= 15 is 0 Å². The second kappa shape index (κ2) is 23.4. The van der Waals surface area contributed by atoms with Crippen LogP contribution in [0.2, 0.25) is 0 Å². The zero-order valence-electron chi connectivity index (χ0n) is 2.77. The van der Waals surface area contributed by atoms with Crippen molar-refractivity contribution in [3.05, 3.63) is 0 Å². The Morgan fingerprint density at radius 3 is 1.60 bits per heavy atom. The van der Waals surface area contributed by atoms with Crippen LogP contribution in [-0.2, 0) is 39.9 Å². The fraction of sp³-hybridized carbons (Fsp3) is 0. The van der Waals surface area contributed by atoms with Gasteiger partial charge in [-0.05, 0) is 0 Å². The zero-order valence-corrected chi connectivity index (χ0v) is 7.62. The average molecular weight is 188 g/mol. The minimum Gasteiger partial charge on any atom is -0.696 e. The molecule has 0 atom stereocenters. The number of nitriles is 1. The first kappa shape index (κ1) is 17.6. The molecule has 4 heteroatoms. The maximum Gasteiger partial charge on any atom is 2.00 e. The van der Waals surface area contributed by atoms with Crippen LogP contribution < -0.4 is 6.15 Å². The zero-order chi connectivity index (χ0) is 2.71. The van der Waals surface area contributed by atoms with Crippen molar-refractivity contribution < 1.29 is 27.3 Å². The predicted octanol–water partition coefficient (Wildman–Crippen LogP) is 0.174. The fourth-order valence-corrected chi connectivity index (χ4v) is 0. The third-order valence-corrected chi connectivity index (χ3v) is 0. The van der Waals surface area contributed by atoms with Crippen molar-refractivity contribution >= 4 is 12.6 Å². The summed E-state index contributed by atoms with van der Waals surface area (Å²) < 4.78 is 0. The molecular formula is CH3CdN2S+. The van der Waals surface area contributed by atoms with Crippen LogP contribution in [0.3, 0.4) is 0 Å². The summed E-state index contributed by atoms with van der Waals surface area (Å²) in [6.07, 6.45) is 0. The Balaban J connectivity index is -0.0000000200. The van der Waals surface area contributed by atoms with Gasteiger partial charge in [-0.2, -0.15) is 0 Å². The van der Waals surface area contributed by atoms with Crippen molar-refractivity contribution in [3.8, 4) is 5.40 Å². The number of nitrogens with zero attached hydrogens (tertiary/aromatic N) is 1. The van der Waals surface area contributed by atoms with Gasteiger partial charge in [-0.1, -0.05) is 5.40 Å². The molecule has 0 rings (SSSR count). The van der Waals surface area contributed by atoms with Gasteiger partial charge in [0.25, 0.3) is 0 Å². The van der Waals surface area contributed by atoms with Crippen LogP contribution in [0.25, 0.3) is 0 Å². The summed E-state index contributed by atoms with van der Waals surface area (Å²) in [7, 11) is 0. The summed E-state index contributed by atoms with van der Waals surface area (Å²) in [6, 6.07) is 0. The van der Waals surface area contributed by atoms with Gasteiger partial charge in [0.2, 0.25) is 0 Å². The Hall–Kier alpha value is 0.592. The molecule has 0 radical (unpaired) electrons. The minimum atomic E-state index is 0. The Labute approximate surface area is 56.7 Å². The normalized spacial score (nSPS) is 1.40. The molecule has 2 nitrogen and oxygen atoms in total. The van der Waals surface area contributed by atoms with Gasteiger partial charge in [-0.25, -0.2) is 5.26 Å². The van der Waals surface area contributed by atoms with Gasteiger partial charge in [0.05, 0.1) is 0 Å². The molecule has 0 unspecified atom stereocenters. The molecule has 0 amide bonds. The van der Waals surface area contributed by atoms with E-state index in [2.05, 4.69) is 12.6 Å². The summed E-state index contributed by atoms with van der Waals surface area (Å²) in [5, 5.41) is 8.47. The molecule has 0 bridgehead atoms. The van der Waals surface area contributed by atoms with Crippen LogP contribution in [0.5, 0.6) is 0 Å². The molecule has 0 aliphatic rings. The topological polar surface area (TPSA) is 58.8 Å². The molecule has 0 aromatic carbocycles. The maximum absolute atomic E-state index is 7.13. The standard InChI is InChI=1S/CHNS.Cd.H3N/c2-1-3;;/h3H;;1H3/q;+2;/p-1. The van der Waals surface area contributed by atoms with Crippen molar-refractivity contribution in [3.63, 3.8) is 0 Å². The molecule has 24 valence electrons. The first-order valence-corrected chi connectivity index (χ1v) is 0.836. The fourth-order valence-electron chi connectivity index (χ4n) is 0. The molecule has 0 aromatic rings. The third-order valence-electron chi connectivity index (χ3n) is 0. The van der Waals surface area contributed by atoms with Gasteiger partial charge in [0.15, 0.2) is 0 Å². The van der Waals surface area contributed by atoms with Crippen molar-refractivity contribution in [1.82, 2.24) is 6.15 Å². The number of rotatable bonds is 0. The smallest absolute Gasteiger partial charge is 0.696 e. The summed E-state index contributed by atoms with van der Waals surface area (Å²) in [4.78, 5) is 0. The molecular weight excluding hydrogens is 185 g/mol. The van der Waals surface area contributed by atoms with Gasteiger partial charge in [-0.15, -0.1) is 0 Å². The van der Waals surface area contributed by atoms with Crippen LogP contribution in [0, 0.1) is 10.7 Å². The molecule has 5 heavy (non-hydrogen) atoms. The second-order valence-electron chi connectivity index (χ2n) is 0.0913. The van der Waals surface area contributed by atoms with Crippen LogP contribution in [-0.4, -0.2) is 0 Å². The third kappa shape index (κ3) is 88.0. The number of hydrogen-bond acceptors (Lipinski definition) is 3. The predicted molar refractivity (Wildman–Crippen MR) is 18.0 cm³/mol. The van der Waals surface area contributed by atoms with Gasteiger partial charge in [-0.3, -0.25) is 0 Å². The Bertz CT molecular complexity index is 31.1. The SMILES string of the molecule is N.N#C[S-].[Cd+2]. The van der Waals surface area contributed by atoms with E-state index in [1.165, 1.54) is 5.40 Å². The molecule has 0 heterocycles. The van der Waals surface area contributed by atoms with E-state index in [1.54, 1.807) is 0 Å². The van der Waals surface area contributed by atoms with Gasteiger partial charge in [0.1, 0.15) is 0 Å². The van der Waals surface area contributed by atoms with Gasteiger partial charge < -0.3 is 18.8 Å². The van der Waals surface area contributed by atoms with Crippen molar-refractivity contribution in [1.29, 1.82) is 5.26 Å². The maximum atomic E-state index is 7.13. The number of thiocyanates is 1. The summed E-state index contributed by atoms with van der Waals surface area (Å²) in [5.41, 5.74) is 0. The Kier molecular flexibility index (Phi) is 82.1. The van der Waals surface area contributed by atoms with E-state index in [4.69, 9.17) is 5.26 Å². The second-order valence-corrected chi connectivity index (χ2v) is 0.274. The first-order chi connectivity index (χ1) is 1.41. The van der Waals surface area contributed by atoms with E-state index < -0.39 is 0 Å². The van der Waals surface area contributed by atoms with E-state index in [0.717, 1.165) is 0 Å². The molecule has 0 spiro atoms. The van der Waals surface area contributed by atoms with Gasteiger partial charge >= 0.3 is 27.3 Å². The first-order valence-electron chi connectivity index (χ1n) is 0.428. The minimum absolute atomic E-state index is 0. The molecule has 0 saturated heterocycles. The average Bonchev–Trinajstić information content (AvgIpc) is 0.918. The summed E-state index contributed by atoms with van der Waals surface area (Å²) in [5.74, 6) is 0. The monoisotopic (exact) mass is 189 g/mol. The van der Waals surface area contributed by atoms with Crippen LogP contribution in [0.4, 0.5) is 0 Å². The van der Waals surface area contributed by atoms with Crippen LogP contribution >= 0.6 is 0 Å². The number of hydrogen-bond donors (Lipinski definition) is 1. The molecule has 0 aliphatic heterocycles. The molecule has 0 saturated carbocycles. The quantitative estimate of drug-likeness (QED) is 0.334. The summed E-state index contributed by atoms with van der Waals surface area (Å²) >= 11 is 3.70. The summed E-state index contributed by atoms with van der Waals surface area (Å²) in [6.45, 7) is 0. The van der Waals surface area contributed by atoms with Crippen molar-refractivity contribution in [2.45, 2.75) is 0 Å². The molecule has 0 aromatic heterocycles. The van der Waals surface area contributed by atoms with Crippen LogP contribution in [0.15, 0.2) is 0 Å². The van der Waals surface area contributed by atoms with E-state index in [0.29, 0.717) is 0 Å². The van der Waals surface area contributed by atoms with Crippen LogP contribution in [0.1, 0.15) is 0 Å². The Morgan fingerprint density at radius 1 is 1.60 bits per heavy atom. The van der Waals surface area contributed by atoms with E-state index in [1.807, 2.05) is 0 Å². The Morgan fingerprint density at radius 2 is 1.60 bits per heavy atom.